The number of carbonyl (C=O) groups excluding carboxylic acids is 1. The minimum atomic E-state index is -0.739. The van der Waals surface area contributed by atoms with Gasteiger partial charge in [0.15, 0.2) is 0 Å². The SMILES string of the molecule is COc1cccc(NC(=O)c2c[nH]c(=O)n(-c3ccc(Cl)cc3)c2=O)c1. The maximum absolute atomic E-state index is 12.7. The van der Waals surface area contributed by atoms with Crippen molar-refractivity contribution in [1.29, 1.82) is 0 Å². The van der Waals surface area contributed by atoms with E-state index in [9.17, 15) is 14.4 Å². The predicted molar refractivity (Wildman–Crippen MR) is 98.6 cm³/mol. The molecule has 0 saturated heterocycles. The molecular formula is C18H14ClN3O4. The molecule has 0 saturated carbocycles. The van der Waals surface area contributed by atoms with Gasteiger partial charge in [-0.05, 0) is 36.4 Å². The average Bonchev–Trinajstić information content (AvgIpc) is 2.63. The van der Waals surface area contributed by atoms with Gasteiger partial charge in [0.05, 0.1) is 12.8 Å². The molecule has 7 nitrogen and oxygen atoms in total. The number of nitrogens with one attached hydrogen (secondary N) is 2. The van der Waals surface area contributed by atoms with E-state index in [4.69, 9.17) is 16.3 Å². The minimum absolute atomic E-state index is 0.206. The number of ether oxygens (including phenoxy) is 1. The molecule has 132 valence electrons. The highest BCUT2D eigenvalue weighted by Crippen LogP contribution is 2.17. The van der Waals surface area contributed by atoms with Crippen molar-refractivity contribution in [3.05, 3.63) is 86.2 Å². The first-order chi connectivity index (χ1) is 12.5. The average molecular weight is 372 g/mol. The summed E-state index contributed by atoms with van der Waals surface area (Å²) in [5.74, 6) is -0.0925. The van der Waals surface area contributed by atoms with Gasteiger partial charge in [-0.15, -0.1) is 0 Å². The molecule has 0 bridgehead atoms. The van der Waals surface area contributed by atoms with Crippen LogP contribution in [0.5, 0.6) is 5.75 Å². The van der Waals surface area contributed by atoms with Crippen LogP contribution < -0.4 is 21.3 Å². The predicted octanol–water partition coefficient (Wildman–Crippen LogP) is 2.44. The van der Waals surface area contributed by atoms with Crippen molar-refractivity contribution in [2.24, 2.45) is 0 Å². The highest BCUT2D eigenvalue weighted by atomic mass is 35.5. The quantitative estimate of drug-likeness (QED) is 0.736. The van der Waals surface area contributed by atoms with Crippen molar-refractivity contribution in [3.8, 4) is 11.4 Å². The Morgan fingerprint density at radius 1 is 1.15 bits per heavy atom. The number of anilines is 1. The molecule has 0 aliphatic carbocycles. The molecule has 0 aliphatic heterocycles. The molecule has 1 aromatic heterocycles. The molecule has 0 unspecified atom stereocenters. The van der Waals surface area contributed by atoms with E-state index in [1.807, 2.05) is 0 Å². The number of methoxy groups -OCH3 is 1. The molecule has 26 heavy (non-hydrogen) atoms. The Morgan fingerprint density at radius 2 is 1.88 bits per heavy atom. The summed E-state index contributed by atoms with van der Waals surface area (Å²) >= 11 is 5.83. The van der Waals surface area contributed by atoms with E-state index in [0.29, 0.717) is 22.1 Å². The van der Waals surface area contributed by atoms with Crippen molar-refractivity contribution in [1.82, 2.24) is 9.55 Å². The first-order valence-corrected chi connectivity index (χ1v) is 7.93. The molecule has 3 rings (SSSR count). The largest absolute Gasteiger partial charge is 0.497 e. The molecule has 0 atom stereocenters. The van der Waals surface area contributed by atoms with Gasteiger partial charge in [0.25, 0.3) is 11.5 Å². The fourth-order valence-corrected chi connectivity index (χ4v) is 2.49. The first kappa shape index (κ1) is 17.5. The lowest BCUT2D eigenvalue weighted by atomic mass is 10.2. The van der Waals surface area contributed by atoms with Crippen molar-refractivity contribution < 1.29 is 9.53 Å². The van der Waals surface area contributed by atoms with Gasteiger partial charge in [-0.2, -0.15) is 0 Å². The summed E-state index contributed by atoms with van der Waals surface area (Å²) in [4.78, 5) is 39.6. The van der Waals surface area contributed by atoms with Crippen LogP contribution >= 0.6 is 11.6 Å². The van der Waals surface area contributed by atoms with Crippen molar-refractivity contribution in [2.75, 3.05) is 12.4 Å². The molecule has 3 aromatic rings. The number of hydrogen-bond acceptors (Lipinski definition) is 4. The molecular weight excluding hydrogens is 358 g/mol. The second-order valence-electron chi connectivity index (χ2n) is 5.31. The zero-order valence-electron chi connectivity index (χ0n) is 13.7. The lowest BCUT2D eigenvalue weighted by Gasteiger charge is -2.09. The molecule has 2 N–H and O–H groups in total. The molecule has 0 radical (unpaired) electrons. The van der Waals surface area contributed by atoms with Gasteiger partial charge < -0.3 is 15.0 Å². The molecule has 0 fully saturated rings. The fraction of sp³-hybridized carbons (Fsp3) is 0.0556. The van der Waals surface area contributed by atoms with Crippen LogP contribution in [-0.2, 0) is 0 Å². The van der Waals surface area contributed by atoms with E-state index in [0.717, 1.165) is 10.8 Å². The highest BCUT2D eigenvalue weighted by molar-refractivity contribution is 6.30. The Balaban J connectivity index is 1.99. The Hall–Kier alpha value is -3.32. The molecule has 1 amide bonds. The lowest BCUT2D eigenvalue weighted by Crippen LogP contribution is -2.38. The van der Waals surface area contributed by atoms with Gasteiger partial charge in [-0.1, -0.05) is 17.7 Å². The number of hydrogen-bond donors (Lipinski definition) is 2. The summed E-state index contributed by atoms with van der Waals surface area (Å²) in [6.07, 6.45) is 1.09. The third-order valence-electron chi connectivity index (χ3n) is 3.63. The van der Waals surface area contributed by atoms with Gasteiger partial charge in [0, 0.05) is 23.0 Å². The van der Waals surface area contributed by atoms with Crippen LogP contribution in [0.4, 0.5) is 5.69 Å². The van der Waals surface area contributed by atoms with Gasteiger partial charge in [0.2, 0.25) is 0 Å². The van der Waals surface area contributed by atoms with Crippen molar-refractivity contribution in [2.45, 2.75) is 0 Å². The van der Waals surface area contributed by atoms with Gasteiger partial charge >= 0.3 is 5.69 Å². The number of rotatable bonds is 4. The van der Waals surface area contributed by atoms with Crippen LogP contribution in [0, 0.1) is 0 Å². The summed E-state index contributed by atoms with van der Waals surface area (Å²) in [6, 6.07) is 12.8. The Labute approximate surface area is 152 Å². The Kier molecular flexibility index (Phi) is 4.90. The lowest BCUT2D eigenvalue weighted by molar-refractivity contribution is 0.102. The number of H-pyrrole nitrogens is 1. The van der Waals surface area contributed by atoms with E-state index in [2.05, 4.69) is 10.3 Å². The molecule has 2 aromatic carbocycles. The molecule has 0 aliphatic rings. The number of halogens is 1. The number of amides is 1. The van der Waals surface area contributed by atoms with Crippen molar-refractivity contribution >= 4 is 23.2 Å². The normalized spacial score (nSPS) is 10.4. The third kappa shape index (κ3) is 3.52. The molecule has 1 heterocycles. The first-order valence-electron chi connectivity index (χ1n) is 7.55. The molecule has 0 spiro atoms. The third-order valence-corrected chi connectivity index (χ3v) is 3.89. The number of aromatic nitrogens is 2. The minimum Gasteiger partial charge on any atom is -0.497 e. The van der Waals surface area contributed by atoms with Crippen LogP contribution in [0.2, 0.25) is 5.02 Å². The van der Waals surface area contributed by atoms with Crippen LogP contribution in [-0.4, -0.2) is 22.6 Å². The second kappa shape index (κ2) is 7.28. The van der Waals surface area contributed by atoms with Gasteiger partial charge in [0.1, 0.15) is 11.3 Å². The fourth-order valence-electron chi connectivity index (χ4n) is 2.36. The van der Waals surface area contributed by atoms with E-state index in [1.54, 1.807) is 36.4 Å². The standard InChI is InChI=1S/C18H14ClN3O4/c1-26-14-4-2-3-12(9-14)21-16(23)15-10-20-18(25)22(17(15)24)13-7-5-11(19)6-8-13/h2-10H,1H3,(H,20,25)(H,21,23). The smallest absolute Gasteiger partial charge is 0.333 e. The van der Waals surface area contributed by atoms with Gasteiger partial charge in [-0.3, -0.25) is 9.59 Å². The zero-order chi connectivity index (χ0) is 18.7. The maximum atomic E-state index is 12.7. The summed E-state index contributed by atoms with van der Waals surface area (Å²) in [6.45, 7) is 0. The Morgan fingerprint density at radius 3 is 2.58 bits per heavy atom. The number of benzene rings is 2. The van der Waals surface area contributed by atoms with E-state index in [1.165, 1.54) is 19.2 Å². The van der Waals surface area contributed by atoms with Crippen LogP contribution in [0.1, 0.15) is 10.4 Å². The van der Waals surface area contributed by atoms with E-state index in [-0.39, 0.29) is 5.56 Å². The maximum Gasteiger partial charge on any atom is 0.333 e. The summed E-state index contributed by atoms with van der Waals surface area (Å²) in [7, 11) is 1.51. The van der Waals surface area contributed by atoms with Gasteiger partial charge in [-0.25, -0.2) is 9.36 Å². The van der Waals surface area contributed by atoms with Crippen molar-refractivity contribution in [3.63, 3.8) is 0 Å². The Bertz CT molecular complexity index is 1070. The summed E-state index contributed by atoms with van der Waals surface area (Å²) in [5, 5.41) is 3.07. The zero-order valence-corrected chi connectivity index (χ0v) is 14.4. The summed E-state index contributed by atoms with van der Waals surface area (Å²) in [5.41, 5.74) is -0.844. The van der Waals surface area contributed by atoms with E-state index >= 15 is 0 Å². The molecule has 8 heteroatoms. The highest BCUT2D eigenvalue weighted by Gasteiger charge is 2.16. The number of nitrogens with zero attached hydrogens (tertiary/aromatic N) is 1. The van der Waals surface area contributed by atoms with Crippen LogP contribution in [0.15, 0.2) is 64.3 Å². The second-order valence-corrected chi connectivity index (χ2v) is 5.75. The van der Waals surface area contributed by atoms with E-state index < -0.39 is 17.2 Å². The van der Waals surface area contributed by atoms with Crippen LogP contribution in [0.3, 0.4) is 0 Å². The topological polar surface area (TPSA) is 93.2 Å². The van der Waals surface area contributed by atoms with Crippen LogP contribution in [0.25, 0.3) is 5.69 Å². The summed E-state index contributed by atoms with van der Waals surface area (Å²) < 4.78 is 5.96. The number of aromatic amines is 1. The number of carbonyl (C=O) groups is 1. The monoisotopic (exact) mass is 371 g/mol.